The Morgan fingerprint density at radius 1 is 1.73 bits per heavy atom. The SMILES string of the molecule is COc1nc(CO)ncc1Cl. The third-order valence-corrected chi connectivity index (χ3v) is 1.36. The van der Waals surface area contributed by atoms with Crippen LogP contribution in [0.15, 0.2) is 6.20 Å². The number of hydrogen-bond acceptors (Lipinski definition) is 4. The maximum atomic E-state index is 8.62. The summed E-state index contributed by atoms with van der Waals surface area (Å²) in [5, 5.41) is 8.96. The van der Waals surface area contributed by atoms with Gasteiger partial charge in [-0.15, -0.1) is 0 Å². The summed E-state index contributed by atoms with van der Waals surface area (Å²) in [6.07, 6.45) is 1.39. The fourth-order valence-corrected chi connectivity index (χ4v) is 0.773. The number of ether oxygens (including phenoxy) is 1. The Kier molecular flexibility index (Phi) is 2.62. The Labute approximate surface area is 68.8 Å². The van der Waals surface area contributed by atoms with E-state index in [4.69, 9.17) is 21.4 Å². The highest BCUT2D eigenvalue weighted by atomic mass is 35.5. The van der Waals surface area contributed by atoms with Crippen molar-refractivity contribution in [3.05, 3.63) is 17.0 Å². The largest absolute Gasteiger partial charge is 0.480 e. The van der Waals surface area contributed by atoms with E-state index in [2.05, 4.69) is 9.97 Å². The van der Waals surface area contributed by atoms with Gasteiger partial charge in [0, 0.05) is 0 Å². The lowest BCUT2D eigenvalue weighted by atomic mass is 10.5. The molecule has 0 spiro atoms. The van der Waals surface area contributed by atoms with Crippen LogP contribution in [0.2, 0.25) is 5.02 Å². The zero-order chi connectivity index (χ0) is 8.27. The summed E-state index contributed by atoms with van der Waals surface area (Å²) >= 11 is 5.62. The van der Waals surface area contributed by atoms with Gasteiger partial charge in [0.2, 0.25) is 5.88 Å². The molecule has 4 nitrogen and oxygen atoms in total. The predicted molar refractivity (Wildman–Crippen MR) is 39.5 cm³/mol. The smallest absolute Gasteiger partial charge is 0.235 e. The van der Waals surface area contributed by atoms with Gasteiger partial charge in [0.25, 0.3) is 0 Å². The molecule has 1 rings (SSSR count). The molecule has 0 radical (unpaired) electrons. The van der Waals surface area contributed by atoms with Crippen molar-refractivity contribution in [1.29, 1.82) is 0 Å². The Morgan fingerprint density at radius 3 is 3.00 bits per heavy atom. The average Bonchev–Trinajstić information content (AvgIpc) is 2.05. The highest BCUT2D eigenvalue weighted by molar-refractivity contribution is 6.31. The summed E-state index contributed by atoms with van der Waals surface area (Å²) in [7, 11) is 1.45. The van der Waals surface area contributed by atoms with Crippen molar-refractivity contribution in [2.45, 2.75) is 6.61 Å². The molecule has 0 fully saturated rings. The standard InChI is InChI=1S/C6H7ClN2O2/c1-11-6-4(7)2-8-5(3-10)9-6/h2,10H,3H2,1H3. The van der Waals surface area contributed by atoms with Crippen LogP contribution in [0, 0.1) is 0 Å². The van der Waals surface area contributed by atoms with Crippen molar-refractivity contribution >= 4 is 11.6 Å². The van der Waals surface area contributed by atoms with E-state index in [1.807, 2.05) is 0 Å². The van der Waals surface area contributed by atoms with E-state index in [1.54, 1.807) is 0 Å². The van der Waals surface area contributed by atoms with Crippen LogP contribution in [-0.2, 0) is 6.61 Å². The molecule has 0 bridgehead atoms. The summed E-state index contributed by atoms with van der Waals surface area (Å²) < 4.78 is 4.79. The van der Waals surface area contributed by atoms with Gasteiger partial charge in [0.15, 0.2) is 5.82 Å². The summed E-state index contributed by atoms with van der Waals surface area (Å²) in [4.78, 5) is 7.53. The molecule has 0 aromatic carbocycles. The molecule has 5 heteroatoms. The van der Waals surface area contributed by atoms with Crippen LogP contribution in [0.5, 0.6) is 5.88 Å². The van der Waals surface area contributed by atoms with Crippen molar-refractivity contribution in [3.8, 4) is 5.88 Å². The second-order valence-electron chi connectivity index (χ2n) is 1.80. The molecule has 60 valence electrons. The fourth-order valence-electron chi connectivity index (χ4n) is 0.605. The summed E-state index contributed by atoms with van der Waals surface area (Å²) in [5.41, 5.74) is 0. The van der Waals surface area contributed by atoms with Crippen LogP contribution in [0.3, 0.4) is 0 Å². The third-order valence-electron chi connectivity index (χ3n) is 1.10. The number of aromatic nitrogens is 2. The van der Waals surface area contributed by atoms with Crippen molar-refractivity contribution in [1.82, 2.24) is 9.97 Å². The highest BCUT2D eigenvalue weighted by Gasteiger charge is 2.03. The monoisotopic (exact) mass is 174 g/mol. The second kappa shape index (κ2) is 3.50. The van der Waals surface area contributed by atoms with Crippen LogP contribution in [0.1, 0.15) is 5.82 Å². The Bertz CT molecular complexity index is 254. The molecule has 0 aliphatic rings. The average molecular weight is 175 g/mol. The van der Waals surface area contributed by atoms with Crippen LogP contribution < -0.4 is 4.74 Å². The Morgan fingerprint density at radius 2 is 2.45 bits per heavy atom. The Hall–Kier alpha value is -0.870. The van der Waals surface area contributed by atoms with E-state index in [0.29, 0.717) is 10.8 Å². The summed E-state index contributed by atoms with van der Waals surface area (Å²) in [6, 6.07) is 0. The van der Waals surface area contributed by atoms with Gasteiger partial charge in [-0.3, -0.25) is 0 Å². The minimum Gasteiger partial charge on any atom is -0.480 e. The van der Waals surface area contributed by atoms with Crippen LogP contribution >= 0.6 is 11.6 Å². The fraction of sp³-hybridized carbons (Fsp3) is 0.333. The van der Waals surface area contributed by atoms with Crippen molar-refractivity contribution in [2.24, 2.45) is 0 Å². The molecule has 0 saturated carbocycles. The number of nitrogens with zero attached hydrogens (tertiary/aromatic N) is 2. The highest BCUT2D eigenvalue weighted by Crippen LogP contribution is 2.19. The molecule has 11 heavy (non-hydrogen) atoms. The van der Waals surface area contributed by atoms with Crippen molar-refractivity contribution < 1.29 is 9.84 Å². The summed E-state index contributed by atoms with van der Waals surface area (Å²) in [5.74, 6) is 0.581. The lowest BCUT2D eigenvalue weighted by molar-refractivity contribution is 0.268. The van der Waals surface area contributed by atoms with Crippen LogP contribution in [0.25, 0.3) is 0 Å². The quantitative estimate of drug-likeness (QED) is 0.715. The number of aliphatic hydroxyl groups excluding tert-OH is 1. The molecule has 0 aliphatic heterocycles. The molecule has 0 saturated heterocycles. The normalized spacial score (nSPS) is 9.73. The minimum atomic E-state index is -0.215. The maximum Gasteiger partial charge on any atom is 0.235 e. The topological polar surface area (TPSA) is 55.2 Å². The first-order valence-corrected chi connectivity index (χ1v) is 3.32. The molecule has 0 amide bonds. The lowest BCUT2D eigenvalue weighted by Gasteiger charge is -2.01. The maximum absolute atomic E-state index is 8.62. The number of methoxy groups -OCH3 is 1. The van der Waals surface area contributed by atoms with Gasteiger partial charge in [-0.1, -0.05) is 11.6 Å². The van der Waals surface area contributed by atoms with E-state index in [-0.39, 0.29) is 12.5 Å². The van der Waals surface area contributed by atoms with Crippen molar-refractivity contribution in [3.63, 3.8) is 0 Å². The number of aliphatic hydroxyl groups is 1. The molecular formula is C6H7ClN2O2. The minimum absolute atomic E-state index is 0.215. The van der Waals surface area contributed by atoms with E-state index < -0.39 is 0 Å². The molecular weight excluding hydrogens is 168 g/mol. The zero-order valence-corrected chi connectivity index (χ0v) is 6.67. The van der Waals surface area contributed by atoms with Gasteiger partial charge in [-0.05, 0) is 0 Å². The molecule has 1 aromatic rings. The van der Waals surface area contributed by atoms with Gasteiger partial charge in [-0.25, -0.2) is 4.98 Å². The van der Waals surface area contributed by atoms with E-state index in [1.165, 1.54) is 13.3 Å². The van der Waals surface area contributed by atoms with E-state index >= 15 is 0 Å². The Balaban J connectivity index is 3.02. The van der Waals surface area contributed by atoms with Gasteiger partial charge in [0.1, 0.15) is 11.6 Å². The number of rotatable bonds is 2. The lowest BCUT2D eigenvalue weighted by Crippen LogP contribution is -1.97. The van der Waals surface area contributed by atoms with Gasteiger partial charge in [0.05, 0.1) is 13.3 Å². The van der Waals surface area contributed by atoms with E-state index in [0.717, 1.165) is 0 Å². The van der Waals surface area contributed by atoms with Gasteiger partial charge >= 0.3 is 0 Å². The predicted octanol–water partition coefficient (Wildman–Crippen LogP) is 0.631. The van der Waals surface area contributed by atoms with Crippen molar-refractivity contribution in [2.75, 3.05) is 7.11 Å². The molecule has 1 aromatic heterocycles. The zero-order valence-electron chi connectivity index (χ0n) is 5.91. The first-order chi connectivity index (χ1) is 5.27. The summed E-state index contributed by atoms with van der Waals surface area (Å²) in [6.45, 7) is -0.215. The van der Waals surface area contributed by atoms with Crippen LogP contribution in [-0.4, -0.2) is 22.2 Å². The first kappa shape index (κ1) is 8.23. The molecule has 1 N–H and O–H groups in total. The molecule has 1 heterocycles. The van der Waals surface area contributed by atoms with Gasteiger partial charge in [-0.2, -0.15) is 4.98 Å². The molecule has 0 aliphatic carbocycles. The molecule has 0 atom stereocenters. The van der Waals surface area contributed by atoms with Gasteiger partial charge < -0.3 is 9.84 Å². The first-order valence-electron chi connectivity index (χ1n) is 2.94. The van der Waals surface area contributed by atoms with Crippen LogP contribution in [0.4, 0.5) is 0 Å². The number of hydrogen-bond donors (Lipinski definition) is 1. The van der Waals surface area contributed by atoms with E-state index in [9.17, 15) is 0 Å². The third kappa shape index (κ3) is 1.78. The molecule has 0 unspecified atom stereocenters. The number of halogens is 1. The second-order valence-corrected chi connectivity index (χ2v) is 2.21.